The first-order valence-electron chi connectivity index (χ1n) is 5.16. The zero-order chi connectivity index (χ0) is 11.7. The number of hydrogen-bond donors (Lipinski definition) is 0. The van der Waals surface area contributed by atoms with Crippen LogP contribution >= 0.6 is 16.3 Å². The van der Waals surface area contributed by atoms with E-state index in [1.165, 1.54) is 11.1 Å². The molecular weight excluding hydrogens is 256 g/mol. The molecule has 0 aromatic heterocycles. The number of rotatable bonds is 6. The average molecular weight is 275 g/mol. The highest BCUT2D eigenvalue weighted by Crippen LogP contribution is 2.09. The fraction of sp³-hybridized carbons (Fsp3) is 0.583. The predicted molar refractivity (Wildman–Crippen MR) is 66.7 cm³/mol. The fourth-order valence-corrected chi connectivity index (χ4v) is 1.33. The first-order chi connectivity index (χ1) is 7.06. The highest BCUT2D eigenvalue weighted by molar-refractivity contribution is 9.06. The van der Waals surface area contributed by atoms with E-state index >= 15 is 0 Å². The maximum atomic E-state index is 10.8. The number of halogens is 1. The van der Waals surface area contributed by atoms with E-state index in [9.17, 15) is 4.79 Å². The highest BCUT2D eigenvalue weighted by atomic mass is 79.9. The van der Waals surface area contributed by atoms with Crippen molar-refractivity contribution in [3.63, 3.8) is 0 Å². The minimum absolute atomic E-state index is 0.219. The van der Waals surface area contributed by atoms with Crippen LogP contribution in [-0.4, -0.2) is 5.97 Å². The Morgan fingerprint density at radius 2 is 1.73 bits per heavy atom. The molecule has 0 radical (unpaired) electrons. The molecule has 0 aliphatic heterocycles. The molecule has 15 heavy (non-hydrogen) atoms. The number of hydrogen-bond acceptors (Lipinski definition) is 2. The molecule has 0 aliphatic rings. The zero-order valence-electron chi connectivity index (χ0n) is 9.68. The summed E-state index contributed by atoms with van der Waals surface area (Å²) in [7, 11) is 0. The van der Waals surface area contributed by atoms with Gasteiger partial charge >= 0.3 is 5.97 Å². The van der Waals surface area contributed by atoms with Crippen LogP contribution in [0.25, 0.3) is 0 Å². The van der Waals surface area contributed by atoms with Crippen molar-refractivity contribution in [3.05, 3.63) is 23.3 Å². The van der Waals surface area contributed by atoms with E-state index in [-0.39, 0.29) is 5.97 Å². The maximum Gasteiger partial charge on any atom is 0.317 e. The van der Waals surface area contributed by atoms with Crippen LogP contribution in [-0.2, 0) is 8.62 Å². The Hall–Kier alpha value is -0.570. The molecule has 0 aliphatic carbocycles. The molecule has 0 unspecified atom stereocenters. The summed E-state index contributed by atoms with van der Waals surface area (Å²) in [6.45, 7) is 6.30. The third-order valence-electron chi connectivity index (χ3n) is 2.02. The van der Waals surface area contributed by atoms with Gasteiger partial charge in [0.2, 0.25) is 0 Å². The standard InChI is InChI=1S/C12H19BrO2/c1-10(2)6-4-7-11(3)8-5-9-12(14)15-13/h6,8H,4-5,7,9H2,1-3H3/b11-8+. The first kappa shape index (κ1) is 14.4. The summed E-state index contributed by atoms with van der Waals surface area (Å²) >= 11 is 2.66. The monoisotopic (exact) mass is 274 g/mol. The molecule has 0 N–H and O–H groups in total. The Morgan fingerprint density at radius 3 is 2.27 bits per heavy atom. The molecule has 0 bridgehead atoms. The van der Waals surface area contributed by atoms with E-state index in [1.807, 2.05) is 0 Å². The van der Waals surface area contributed by atoms with Crippen LogP contribution < -0.4 is 0 Å². The average Bonchev–Trinajstić information content (AvgIpc) is 2.17. The van der Waals surface area contributed by atoms with Gasteiger partial charge in [-0.1, -0.05) is 23.3 Å². The largest absolute Gasteiger partial charge is 0.384 e. The minimum atomic E-state index is -0.219. The van der Waals surface area contributed by atoms with E-state index in [4.69, 9.17) is 0 Å². The lowest BCUT2D eigenvalue weighted by Crippen LogP contribution is -1.94. The molecule has 3 heteroatoms. The van der Waals surface area contributed by atoms with Gasteiger partial charge < -0.3 is 3.83 Å². The molecule has 0 fully saturated rings. The molecule has 0 aromatic carbocycles. The Kier molecular flexibility index (Phi) is 8.38. The molecule has 0 atom stereocenters. The van der Waals surface area contributed by atoms with Crippen molar-refractivity contribution in [2.24, 2.45) is 0 Å². The SMILES string of the molecule is CC(C)=CCC/C(C)=C/CCC(=O)OBr. The summed E-state index contributed by atoms with van der Waals surface area (Å²) in [5.41, 5.74) is 2.68. The Morgan fingerprint density at radius 1 is 1.13 bits per heavy atom. The summed E-state index contributed by atoms with van der Waals surface area (Å²) in [5, 5.41) is 0. The van der Waals surface area contributed by atoms with Crippen LogP contribution in [0.2, 0.25) is 0 Å². The second-order valence-corrected chi connectivity index (χ2v) is 4.18. The fourth-order valence-electron chi connectivity index (χ4n) is 1.17. The predicted octanol–water partition coefficient (Wildman–Crippen LogP) is 4.31. The van der Waals surface area contributed by atoms with Gasteiger partial charge in [-0.15, -0.1) is 0 Å². The van der Waals surface area contributed by atoms with Crippen LogP contribution in [0.3, 0.4) is 0 Å². The van der Waals surface area contributed by atoms with Crippen molar-refractivity contribution < 1.29 is 8.62 Å². The molecular formula is C12H19BrO2. The maximum absolute atomic E-state index is 10.8. The first-order valence-corrected chi connectivity index (χ1v) is 5.81. The van der Waals surface area contributed by atoms with E-state index < -0.39 is 0 Å². The van der Waals surface area contributed by atoms with Crippen molar-refractivity contribution in [1.29, 1.82) is 0 Å². The summed E-state index contributed by atoms with van der Waals surface area (Å²) in [6, 6.07) is 0. The van der Waals surface area contributed by atoms with E-state index in [2.05, 4.69) is 53.0 Å². The van der Waals surface area contributed by atoms with Crippen molar-refractivity contribution >= 4 is 22.2 Å². The molecule has 0 saturated carbocycles. The summed E-state index contributed by atoms with van der Waals surface area (Å²) < 4.78 is 4.38. The quantitative estimate of drug-likeness (QED) is 0.675. The normalized spacial score (nSPS) is 11.1. The molecule has 86 valence electrons. The minimum Gasteiger partial charge on any atom is -0.384 e. The summed E-state index contributed by atoms with van der Waals surface area (Å²) in [6.07, 6.45) is 7.66. The lowest BCUT2D eigenvalue weighted by molar-refractivity contribution is -0.132. The Balaban J connectivity index is 3.70. The molecule has 0 aromatic rings. The molecule has 0 amide bonds. The lowest BCUT2D eigenvalue weighted by atomic mass is 10.1. The van der Waals surface area contributed by atoms with E-state index in [0.717, 1.165) is 19.3 Å². The van der Waals surface area contributed by atoms with E-state index in [0.29, 0.717) is 6.42 Å². The van der Waals surface area contributed by atoms with Gasteiger partial charge in [0, 0.05) is 6.42 Å². The van der Waals surface area contributed by atoms with Gasteiger partial charge in [-0.3, -0.25) is 4.79 Å². The van der Waals surface area contributed by atoms with Gasteiger partial charge in [-0.05, 0) is 40.0 Å². The zero-order valence-corrected chi connectivity index (χ0v) is 11.3. The smallest absolute Gasteiger partial charge is 0.317 e. The number of carbonyl (C=O) groups is 1. The molecule has 0 heterocycles. The molecule has 2 nitrogen and oxygen atoms in total. The topological polar surface area (TPSA) is 26.3 Å². The third-order valence-corrected chi connectivity index (χ3v) is 2.38. The van der Waals surface area contributed by atoms with E-state index in [1.54, 1.807) is 0 Å². The third kappa shape index (κ3) is 9.73. The second-order valence-electron chi connectivity index (χ2n) is 3.86. The Labute approximate surface area is 101 Å². The Bertz CT molecular complexity index is 250. The van der Waals surface area contributed by atoms with Gasteiger partial charge in [-0.2, -0.15) is 0 Å². The van der Waals surface area contributed by atoms with Crippen LogP contribution in [0.4, 0.5) is 0 Å². The van der Waals surface area contributed by atoms with Gasteiger partial charge in [0.1, 0.15) is 0 Å². The van der Waals surface area contributed by atoms with Crippen LogP contribution in [0.1, 0.15) is 46.5 Å². The van der Waals surface area contributed by atoms with Crippen LogP contribution in [0, 0.1) is 0 Å². The lowest BCUT2D eigenvalue weighted by Gasteiger charge is -1.98. The van der Waals surface area contributed by atoms with Crippen LogP contribution in [0.5, 0.6) is 0 Å². The molecule has 0 saturated heterocycles. The van der Waals surface area contributed by atoms with Gasteiger partial charge in [0.15, 0.2) is 16.3 Å². The number of allylic oxidation sites excluding steroid dienone is 4. The van der Waals surface area contributed by atoms with Crippen molar-refractivity contribution in [2.75, 3.05) is 0 Å². The molecule has 0 spiro atoms. The van der Waals surface area contributed by atoms with Crippen molar-refractivity contribution in [1.82, 2.24) is 0 Å². The molecule has 0 rings (SSSR count). The van der Waals surface area contributed by atoms with Gasteiger partial charge in [0.05, 0.1) is 0 Å². The second kappa shape index (κ2) is 8.72. The highest BCUT2D eigenvalue weighted by Gasteiger charge is 1.98. The van der Waals surface area contributed by atoms with Crippen molar-refractivity contribution in [2.45, 2.75) is 46.5 Å². The summed E-state index contributed by atoms with van der Waals surface area (Å²) in [4.78, 5) is 10.8. The van der Waals surface area contributed by atoms with Crippen molar-refractivity contribution in [3.8, 4) is 0 Å². The number of carbonyl (C=O) groups excluding carboxylic acids is 1. The van der Waals surface area contributed by atoms with Gasteiger partial charge in [-0.25, -0.2) is 0 Å². The van der Waals surface area contributed by atoms with Crippen LogP contribution in [0.15, 0.2) is 23.3 Å². The van der Waals surface area contributed by atoms with Gasteiger partial charge in [0.25, 0.3) is 0 Å². The summed E-state index contributed by atoms with van der Waals surface area (Å²) in [5.74, 6) is -0.219.